The van der Waals surface area contributed by atoms with E-state index in [0.29, 0.717) is 6.42 Å². The molecule has 1 atom stereocenters. The molecule has 2 rings (SSSR count). The molecule has 3 N–H and O–H groups in total. The Kier molecular flexibility index (Phi) is 6.21. The molecule has 0 aliphatic carbocycles. The van der Waals surface area contributed by atoms with Gasteiger partial charge in [0, 0.05) is 0 Å². The van der Waals surface area contributed by atoms with Gasteiger partial charge in [-0.3, -0.25) is 0 Å². The molecular weight excluding hydrogens is 340 g/mol. The van der Waals surface area contributed by atoms with Gasteiger partial charge in [0.2, 0.25) is 0 Å². The van der Waals surface area contributed by atoms with Gasteiger partial charge in [0.05, 0.1) is 23.9 Å². The quantitative estimate of drug-likeness (QED) is 0.665. The molecule has 8 nitrogen and oxygen atoms in total. The average molecular weight is 362 g/mol. The van der Waals surface area contributed by atoms with Crippen LogP contribution in [0.4, 0.5) is 4.79 Å². The smallest absolute Gasteiger partial charge is 0.342 e. The molecule has 1 aliphatic rings. The molecular formula is C18H22N2O6. The number of nitrogens with one attached hydrogen (secondary N) is 2. The Labute approximate surface area is 151 Å². The van der Waals surface area contributed by atoms with Crippen LogP contribution in [0, 0.1) is 6.92 Å². The van der Waals surface area contributed by atoms with Crippen LogP contribution in [-0.4, -0.2) is 42.3 Å². The van der Waals surface area contributed by atoms with Gasteiger partial charge in [-0.15, -0.1) is 0 Å². The van der Waals surface area contributed by atoms with Crippen LogP contribution in [0.3, 0.4) is 0 Å². The van der Waals surface area contributed by atoms with Crippen molar-refractivity contribution in [1.82, 2.24) is 10.6 Å². The van der Waals surface area contributed by atoms with Crippen molar-refractivity contribution >= 4 is 18.0 Å². The average Bonchev–Trinajstić information content (AvgIpc) is 2.61. The number of amides is 2. The normalized spacial score (nSPS) is 16.6. The number of ether oxygens (including phenoxy) is 2. The fourth-order valence-corrected chi connectivity index (χ4v) is 2.60. The van der Waals surface area contributed by atoms with Gasteiger partial charge >= 0.3 is 18.0 Å². The summed E-state index contributed by atoms with van der Waals surface area (Å²) in [5, 5.41) is 14.9. The highest BCUT2D eigenvalue weighted by Crippen LogP contribution is 2.21. The van der Waals surface area contributed by atoms with Crippen molar-refractivity contribution in [3.8, 4) is 5.75 Å². The van der Waals surface area contributed by atoms with Gasteiger partial charge in [0.1, 0.15) is 17.9 Å². The number of benzene rings is 1. The van der Waals surface area contributed by atoms with Crippen LogP contribution in [-0.2, 0) is 14.3 Å². The van der Waals surface area contributed by atoms with E-state index < -0.39 is 24.0 Å². The van der Waals surface area contributed by atoms with Crippen LogP contribution < -0.4 is 10.6 Å². The third kappa shape index (κ3) is 4.33. The van der Waals surface area contributed by atoms with Crippen molar-refractivity contribution in [3.63, 3.8) is 0 Å². The summed E-state index contributed by atoms with van der Waals surface area (Å²) < 4.78 is 10.2. The van der Waals surface area contributed by atoms with Crippen molar-refractivity contribution in [2.45, 2.75) is 33.2 Å². The van der Waals surface area contributed by atoms with Gasteiger partial charge in [-0.2, -0.15) is 0 Å². The maximum Gasteiger partial charge on any atom is 0.342 e. The van der Waals surface area contributed by atoms with E-state index in [9.17, 15) is 19.5 Å². The lowest BCUT2D eigenvalue weighted by Crippen LogP contribution is -2.51. The molecule has 2 amide bonds. The zero-order valence-corrected chi connectivity index (χ0v) is 14.9. The van der Waals surface area contributed by atoms with Gasteiger partial charge < -0.3 is 25.2 Å². The molecule has 1 aromatic carbocycles. The molecule has 8 heteroatoms. The lowest BCUT2D eigenvalue weighted by molar-refractivity contribution is -0.139. The third-order valence-corrected chi connectivity index (χ3v) is 3.87. The SMILES string of the molecule is CCOC(=O)C1=C(COC(=O)c2cc(C)ccc2O)NC(=O)N[C@@H]1CC. The van der Waals surface area contributed by atoms with Crippen LogP contribution in [0.1, 0.15) is 36.2 Å². The van der Waals surface area contributed by atoms with Crippen molar-refractivity contribution in [3.05, 3.63) is 40.6 Å². The third-order valence-electron chi connectivity index (χ3n) is 3.87. The Morgan fingerprint density at radius 1 is 1.19 bits per heavy atom. The standard InChI is InChI=1S/C18H22N2O6/c1-4-12-15(17(23)25-5-2)13(20-18(24)19-12)9-26-16(22)11-8-10(3)6-7-14(11)21/h6-8,12,21H,4-5,9H2,1-3H3,(H2,19,20,24)/t12-/m1/s1. The molecule has 0 aromatic heterocycles. The van der Waals surface area contributed by atoms with Gasteiger partial charge in [-0.25, -0.2) is 14.4 Å². The first kappa shape index (κ1) is 19.3. The second-order valence-corrected chi connectivity index (χ2v) is 5.77. The van der Waals surface area contributed by atoms with Crippen molar-refractivity contribution in [2.24, 2.45) is 0 Å². The van der Waals surface area contributed by atoms with E-state index in [1.54, 1.807) is 19.9 Å². The summed E-state index contributed by atoms with van der Waals surface area (Å²) in [6.07, 6.45) is 0.470. The number of phenols is 1. The van der Waals surface area contributed by atoms with Gasteiger partial charge in [-0.05, 0) is 32.4 Å². The molecule has 0 spiro atoms. The van der Waals surface area contributed by atoms with Crippen LogP contribution >= 0.6 is 0 Å². The van der Waals surface area contributed by atoms with Crippen LogP contribution in [0.2, 0.25) is 0 Å². The molecule has 0 fully saturated rings. The molecule has 1 aromatic rings. The van der Waals surface area contributed by atoms with E-state index >= 15 is 0 Å². The van der Waals surface area contributed by atoms with Crippen molar-refractivity contribution in [1.29, 1.82) is 0 Å². The number of phenolic OH excluding ortho intramolecular Hbond substituents is 1. The first-order valence-electron chi connectivity index (χ1n) is 8.31. The molecule has 1 aliphatic heterocycles. The molecule has 26 heavy (non-hydrogen) atoms. The number of hydrogen-bond acceptors (Lipinski definition) is 6. The molecule has 140 valence electrons. The first-order valence-corrected chi connectivity index (χ1v) is 8.31. The molecule has 1 heterocycles. The molecule has 0 unspecified atom stereocenters. The van der Waals surface area contributed by atoms with Gasteiger partial charge in [0.25, 0.3) is 0 Å². The number of hydrogen-bond donors (Lipinski definition) is 3. The monoisotopic (exact) mass is 362 g/mol. The molecule has 0 saturated heterocycles. The fraction of sp³-hybridized carbons (Fsp3) is 0.389. The highest BCUT2D eigenvalue weighted by molar-refractivity contribution is 5.95. The van der Waals surface area contributed by atoms with Crippen molar-refractivity contribution < 1.29 is 29.0 Å². The van der Waals surface area contributed by atoms with Crippen LogP contribution in [0.25, 0.3) is 0 Å². The van der Waals surface area contributed by atoms with E-state index in [1.807, 2.05) is 6.92 Å². The summed E-state index contributed by atoms with van der Waals surface area (Å²) in [6.45, 7) is 5.11. The Balaban J connectivity index is 2.24. The maximum absolute atomic E-state index is 12.2. The number of aromatic hydroxyl groups is 1. The highest BCUT2D eigenvalue weighted by Gasteiger charge is 2.32. The van der Waals surface area contributed by atoms with Crippen LogP contribution in [0.15, 0.2) is 29.5 Å². The molecule has 0 bridgehead atoms. The summed E-state index contributed by atoms with van der Waals surface area (Å²) in [4.78, 5) is 36.3. The van der Waals surface area contributed by atoms with Gasteiger partial charge in [0.15, 0.2) is 0 Å². The fourth-order valence-electron chi connectivity index (χ4n) is 2.60. The Bertz CT molecular complexity index is 756. The topological polar surface area (TPSA) is 114 Å². The molecule has 0 saturated carbocycles. The second kappa shape index (κ2) is 8.37. The predicted octanol–water partition coefficient (Wildman–Crippen LogP) is 1.77. The Morgan fingerprint density at radius 2 is 1.92 bits per heavy atom. The van der Waals surface area contributed by atoms with E-state index in [1.165, 1.54) is 12.1 Å². The predicted molar refractivity (Wildman–Crippen MR) is 92.5 cm³/mol. The van der Waals surface area contributed by atoms with Gasteiger partial charge in [-0.1, -0.05) is 18.6 Å². The number of aryl methyl sites for hydroxylation is 1. The Morgan fingerprint density at radius 3 is 2.58 bits per heavy atom. The number of urea groups is 1. The second-order valence-electron chi connectivity index (χ2n) is 5.77. The van der Waals surface area contributed by atoms with E-state index in [-0.39, 0.29) is 35.8 Å². The van der Waals surface area contributed by atoms with E-state index in [0.717, 1.165) is 5.56 Å². The number of esters is 2. The zero-order valence-electron chi connectivity index (χ0n) is 14.9. The number of rotatable bonds is 6. The molecule has 0 radical (unpaired) electrons. The lowest BCUT2D eigenvalue weighted by atomic mass is 10.0. The number of carbonyl (C=O) groups is 3. The summed E-state index contributed by atoms with van der Waals surface area (Å²) in [5.74, 6) is -1.56. The van der Waals surface area contributed by atoms with Crippen LogP contribution in [0.5, 0.6) is 5.75 Å². The zero-order chi connectivity index (χ0) is 19.3. The highest BCUT2D eigenvalue weighted by atomic mass is 16.5. The van der Waals surface area contributed by atoms with Crippen molar-refractivity contribution in [2.75, 3.05) is 13.2 Å². The largest absolute Gasteiger partial charge is 0.507 e. The summed E-state index contributed by atoms with van der Waals surface area (Å²) >= 11 is 0. The lowest BCUT2D eigenvalue weighted by Gasteiger charge is -2.28. The summed E-state index contributed by atoms with van der Waals surface area (Å²) in [7, 11) is 0. The minimum Gasteiger partial charge on any atom is -0.507 e. The minimum atomic E-state index is -0.761. The minimum absolute atomic E-state index is 0.00980. The van der Waals surface area contributed by atoms with E-state index in [2.05, 4.69) is 10.6 Å². The Hall–Kier alpha value is -3.03. The summed E-state index contributed by atoms with van der Waals surface area (Å²) in [6, 6.07) is 3.52. The first-order chi connectivity index (χ1) is 12.4. The maximum atomic E-state index is 12.2. The number of carbonyl (C=O) groups excluding carboxylic acids is 3. The summed E-state index contributed by atoms with van der Waals surface area (Å²) in [5.41, 5.74) is 1.17. The van der Waals surface area contributed by atoms with E-state index in [4.69, 9.17) is 9.47 Å².